The summed E-state index contributed by atoms with van der Waals surface area (Å²) in [7, 11) is 0. The molecular formula is C24H30FIN6O. The summed E-state index contributed by atoms with van der Waals surface area (Å²) < 4.78 is 16.4. The van der Waals surface area contributed by atoms with E-state index in [1.54, 1.807) is 29.1 Å². The number of phenolic OH excluding ortho intramolecular Hbond substituents is 1. The largest absolute Gasteiger partial charge is 0.506 e. The van der Waals surface area contributed by atoms with Gasteiger partial charge in [-0.2, -0.15) is 0 Å². The number of piperazine rings is 1. The lowest BCUT2D eigenvalue weighted by molar-refractivity contribution is 0.369. The van der Waals surface area contributed by atoms with Gasteiger partial charge in [-0.1, -0.05) is 18.2 Å². The summed E-state index contributed by atoms with van der Waals surface area (Å²) in [6.07, 6.45) is 3.41. The Bertz CT molecular complexity index is 1090. The van der Waals surface area contributed by atoms with E-state index in [-0.39, 0.29) is 29.8 Å². The van der Waals surface area contributed by atoms with Gasteiger partial charge in [-0.05, 0) is 43.7 Å². The van der Waals surface area contributed by atoms with Gasteiger partial charge in [-0.25, -0.2) is 14.4 Å². The molecule has 1 fully saturated rings. The first-order chi connectivity index (χ1) is 15.6. The lowest BCUT2D eigenvalue weighted by Gasteiger charge is -2.37. The minimum absolute atomic E-state index is 0. The van der Waals surface area contributed by atoms with E-state index >= 15 is 0 Å². The first-order valence-corrected chi connectivity index (χ1v) is 10.9. The van der Waals surface area contributed by atoms with E-state index in [1.165, 1.54) is 6.07 Å². The molecule has 0 amide bonds. The molecule has 176 valence electrons. The minimum Gasteiger partial charge on any atom is -0.506 e. The number of aliphatic imine (C=N–C) groups is 1. The second-order valence-electron chi connectivity index (χ2n) is 7.76. The van der Waals surface area contributed by atoms with Crippen molar-refractivity contribution in [3.8, 4) is 11.4 Å². The molecule has 1 aliphatic heterocycles. The number of aromatic hydroxyl groups is 1. The van der Waals surface area contributed by atoms with Crippen LogP contribution in [-0.4, -0.2) is 58.2 Å². The maximum absolute atomic E-state index is 14.7. The van der Waals surface area contributed by atoms with Crippen LogP contribution in [0.3, 0.4) is 0 Å². The van der Waals surface area contributed by atoms with Gasteiger partial charge in [0.1, 0.15) is 17.4 Å². The van der Waals surface area contributed by atoms with Gasteiger partial charge < -0.3 is 24.8 Å². The summed E-state index contributed by atoms with van der Waals surface area (Å²) in [4.78, 5) is 13.3. The predicted molar refractivity (Wildman–Crippen MR) is 140 cm³/mol. The quantitative estimate of drug-likeness (QED) is 0.280. The number of benzene rings is 2. The van der Waals surface area contributed by atoms with Crippen molar-refractivity contribution >= 4 is 35.6 Å². The van der Waals surface area contributed by atoms with Gasteiger partial charge >= 0.3 is 0 Å². The number of nitrogens with one attached hydrogen (secondary N) is 1. The number of imidazole rings is 1. The number of anilines is 1. The van der Waals surface area contributed by atoms with Crippen LogP contribution in [0, 0.1) is 12.7 Å². The average Bonchev–Trinajstić information content (AvgIpc) is 3.23. The highest BCUT2D eigenvalue weighted by atomic mass is 127. The summed E-state index contributed by atoms with van der Waals surface area (Å²) in [6.45, 7) is 8.18. The summed E-state index contributed by atoms with van der Waals surface area (Å²) in [5.41, 5.74) is 2.16. The molecule has 0 atom stereocenters. The molecule has 1 saturated heterocycles. The third-order valence-electron chi connectivity index (χ3n) is 5.65. The molecule has 3 aromatic rings. The van der Waals surface area contributed by atoms with Crippen molar-refractivity contribution in [2.45, 2.75) is 20.4 Å². The summed E-state index contributed by atoms with van der Waals surface area (Å²) in [6, 6.07) is 12.6. The Kier molecular flexibility index (Phi) is 8.54. The highest BCUT2D eigenvalue weighted by Crippen LogP contribution is 2.27. The van der Waals surface area contributed by atoms with E-state index in [0.717, 1.165) is 55.8 Å². The smallest absolute Gasteiger partial charge is 0.194 e. The van der Waals surface area contributed by atoms with E-state index in [4.69, 9.17) is 4.99 Å². The highest BCUT2D eigenvalue weighted by Gasteiger charge is 2.21. The van der Waals surface area contributed by atoms with Crippen LogP contribution in [-0.2, 0) is 6.54 Å². The number of aromatic nitrogens is 2. The summed E-state index contributed by atoms with van der Waals surface area (Å²) >= 11 is 0. The number of hydrogen-bond acceptors (Lipinski definition) is 4. The molecular weight excluding hydrogens is 534 g/mol. The van der Waals surface area contributed by atoms with E-state index in [9.17, 15) is 9.50 Å². The van der Waals surface area contributed by atoms with Crippen molar-refractivity contribution in [2.75, 3.05) is 37.6 Å². The number of nitrogens with zero attached hydrogens (tertiary/aromatic N) is 5. The molecule has 0 unspecified atom stereocenters. The molecule has 2 heterocycles. The van der Waals surface area contributed by atoms with Gasteiger partial charge in [-0.3, -0.25) is 0 Å². The van der Waals surface area contributed by atoms with E-state index in [2.05, 4.69) is 20.1 Å². The molecule has 7 nitrogen and oxygen atoms in total. The standard InChI is InChI=1S/C24H29FN6O.HI/c1-3-26-24(30-14-12-29(13-15-30)22-6-4-5-7-23(22)32)28-17-19-8-9-21(20(25)16-19)31-11-10-27-18(31)2;/h4-11,16,32H,3,12-15,17H2,1-2H3,(H,26,28);1H. The zero-order chi connectivity index (χ0) is 22.5. The molecule has 4 rings (SSSR count). The fraction of sp³-hybridized carbons (Fsp3) is 0.333. The Morgan fingerprint density at radius 3 is 2.52 bits per heavy atom. The molecule has 33 heavy (non-hydrogen) atoms. The normalized spacial score (nSPS) is 14.2. The molecule has 1 aromatic heterocycles. The second-order valence-corrected chi connectivity index (χ2v) is 7.76. The average molecular weight is 564 g/mol. The molecule has 0 spiro atoms. The van der Waals surface area contributed by atoms with E-state index in [0.29, 0.717) is 18.0 Å². The number of hydrogen-bond donors (Lipinski definition) is 2. The summed E-state index contributed by atoms with van der Waals surface area (Å²) in [5, 5.41) is 13.5. The first kappa shape index (κ1) is 24.8. The lowest BCUT2D eigenvalue weighted by atomic mass is 10.2. The first-order valence-electron chi connectivity index (χ1n) is 10.9. The molecule has 9 heteroatoms. The maximum Gasteiger partial charge on any atom is 0.194 e. The number of rotatable bonds is 5. The highest BCUT2D eigenvalue weighted by molar-refractivity contribution is 14.0. The van der Waals surface area contributed by atoms with Gasteiger partial charge in [0.25, 0.3) is 0 Å². The Morgan fingerprint density at radius 1 is 1.12 bits per heavy atom. The molecule has 2 aromatic carbocycles. The maximum atomic E-state index is 14.7. The van der Waals surface area contributed by atoms with Gasteiger partial charge in [0.2, 0.25) is 0 Å². The van der Waals surface area contributed by atoms with Crippen LogP contribution in [0.1, 0.15) is 18.3 Å². The second kappa shape index (κ2) is 11.4. The lowest BCUT2D eigenvalue weighted by Crippen LogP contribution is -2.52. The number of halogens is 2. The van der Waals surface area contributed by atoms with Crippen molar-refractivity contribution in [1.82, 2.24) is 19.8 Å². The van der Waals surface area contributed by atoms with Crippen molar-refractivity contribution < 1.29 is 9.50 Å². The van der Waals surface area contributed by atoms with Gasteiger partial charge in [0.15, 0.2) is 5.96 Å². The third kappa shape index (κ3) is 5.76. The van der Waals surface area contributed by atoms with E-state index in [1.807, 2.05) is 38.1 Å². The Balaban J connectivity index is 0.00000306. The van der Waals surface area contributed by atoms with Crippen LogP contribution in [0.5, 0.6) is 5.75 Å². The molecule has 0 saturated carbocycles. The summed E-state index contributed by atoms with van der Waals surface area (Å²) in [5.74, 6) is 1.57. The minimum atomic E-state index is -0.292. The van der Waals surface area contributed by atoms with Crippen molar-refractivity contribution in [2.24, 2.45) is 4.99 Å². The van der Waals surface area contributed by atoms with Crippen LogP contribution in [0.4, 0.5) is 10.1 Å². The van der Waals surface area contributed by atoms with Crippen LogP contribution in [0.15, 0.2) is 59.9 Å². The van der Waals surface area contributed by atoms with Gasteiger partial charge in [-0.15, -0.1) is 24.0 Å². The molecule has 2 N–H and O–H groups in total. The Hall–Kier alpha value is -2.82. The van der Waals surface area contributed by atoms with Crippen molar-refractivity contribution in [3.05, 3.63) is 72.1 Å². The topological polar surface area (TPSA) is 68.9 Å². The zero-order valence-corrected chi connectivity index (χ0v) is 21.2. The number of para-hydroxylation sites is 2. The van der Waals surface area contributed by atoms with Gasteiger partial charge in [0, 0.05) is 45.1 Å². The molecule has 0 aliphatic carbocycles. The SMILES string of the molecule is CCNC(=NCc1ccc(-n2ccnc2C)c(F)c1)N1CCN(c2ccccc2O)CC1.I. The predicted octanol–water partition coefficient (Wildman–Crippen LogP) is 3.93. The Morgan fingerprint density at radius 2 is 1.88 bits per heavy atom. The van der Waals surface area contributed by atoms with Crippen molar-refractivity contribution in [1.29, 1.82) is 0 Å². The molecule has 0 radical (unpaired) electrons. The van der Waals surface area contributed by atoms with Crippen molar-refractivity contribution in [3.63, 3.8) is 0 Å². The van der Waals surface area contributed by atoms with Crippen LogP contribution >= 0.6 is 24.0 Å². The monoisotopic (exact) mass is 564 g/mol. The Labute approximate surface area is 211 Å². The number of phenols is 1. The molecule has 1 aliphatic rings. The van der Waals surface area contributed by atoms with Crippen LogP contribution in [0.25, 0.3) is 5.69 Å². The number of aryl methyl sites for hydroxylation is 1. The molecule has 0 bridgehead atoms. The fourth-order valence-corrected chi connectivity index (χ4v) is 3.96. The zero-order valence-electron chi connectivity index (χ0n) is 18.9. The fourth-order valence-electron chi connectivity index (χ4n) is 3.96. The number of guanidine groups is 1. The van der Waals surface area contributed by atoms with Crippen LogP contribution in [0.2, 0.25) is 0 Å². The van der Waals surface area contributed by atoms with Crippen LogP contribution < -0.4 is 10.2 Å². The van der Waals surface area contributed by atoms with E-state index < -0.39 is 0 Å². The third-order valence-corrected chi connectivity index (χ3v) is 5.65. The van der Waals surface area contributed by atoms with Gasteiger partial charge in [0.05, 0.1) is 17.9 Å².